The second kappa shape index (κ2) is 5.62. The average Bonchev–Trinajstić information content (AvgIpc) is 2.76. The third-order valence-electron chi connectivity index (χ3n) is 2.95. The van der Waals surface area contributed by atoms with E-state index in [1.807, 2.05) is 6.07 Å². The van der Waals surface area contributed by atoms with Crippen molar-refractivity contribution in [3.8, 4) is 0 Å². The first kappa shape index (κ1) is 12.5. The van der Waals surface area contributed by atoms with Crippen molar-refractivity contribution in [2.45, 2.75) is 12.8 Å². The van der Waals surface area contributed by atoms with E-state index in [9.17, 15) is 14.0 Å². The maximum Gasteiger partial charge on any atom is 0.225 e. The van der Waals surface area contributed by atoms with Gasteiger partial charge in [-0.05, 0) is 24.1 Å². The Balaban J connectivity index is 1.75. The van der Waals surface area contributed by atoms with Crippen LogP contribution in [0, 0.1) is 11.7 Å². The van der Waals surface area contributed by atoms with Crippen molar-refractivity contribution in [2.75, 3.05) is 13.1 Å². The molecule has 5 heteroatoms. The second-order valence-corrected chi connectivity index (χ2v) is 4.38. The zero-order valence-corrected chi connectivity index (χ0v) is 9.91. The van der Waals surface area contributed by atoms with Crippen LogP contribution in [-0.4, -0.2) is 24.9 Å². The van der Waals surface area contributed by atoms with E-state index in [0.717, 1.165) is 5.56 Å². The van der Waals surface area contributed by atoms with Crippen LogP contribution >= 0.6 is 0 Å². The summed E-state index contributed by atoms with van der Waals surface area (Å²) < 4.78 is 12.9. The highest BCUT2D eigenvalue weighted by molar-refractivity contribution is 5.89. The van der Waals surface area contributed by atoms with Gasteiger partial charge in [0.05, 0.1) is 5.92 Å². The molecule has 1 atom stereocenters. The van der Waals surface area contributed by atoms with Crippen LogP contribution in [0.25, 0.3) is 0 Å². The SMILES string of the molecule is O=C1CC(C(=O)NCCc2cccc(F)c2)CN1. The van der Waals surface area contributed by atoms with Gasteiger partial charge in [-0.3, -0.25) is 9.59 Å². The highest BCUT2D eigenvalue weighted by Crippen LogP contribution is 2.08. The summed E-state index contributed by atoms with van der Waals surface area (Å²) in [6.45, 7) is 0.859. The van der Waals surface area contributed by atoms with E-state index in [1.165, 1.54) is 12.1 Å². The Hall–Kier alpha value is -1.91. The van der Waals surface area contributed by atoms with Gasteiger partial charge >= 0.3 is 0 Å². The maximum absolute atomic E-state index is 12.9. The molecule has 0 bridgehead atoms. The third kappa shape index (κ3) is 3.29. The summed E-state index contributed by atoms with van der Waals surface area (Å²) in [5, 5.41) is 5.38. The van der Waals surface area contributed by atoms with Gasteiger partial charge in [0.2, 0.25) is 11.8 Å². The number of halogens is 1. The predicted molar refractivity (Wildman–Crippen MR) is 64.2 cm³/mol. The molecule has 2 N–H and O–H groups in total. The van der Waals surface area contributed by atoms with Gasteiger partial charge in [0, 0.05) is 19.5 Å². The number of hydrogen-bond donors (Lipinski definition) is 2. The topological polar surface area (TPSA) is 58.2 Å². The van der Waals surface area contributed by atoms with Crippen molar-refractivity contribution in [1.29, 1.82) is 0 Å². The number of amides is 2. The highest BCUT2D eigenvalue weighted by atomic mass is 19.1. The van der Waals surface area contributed by atoms with Gasteiger partial charge in [0.15, 0.2) is 0 Å². The molecule has 0 spiro atoms. The quantitative estimate of drug-likeness (QED) is 0.823. The molecule has 1 heterocycles. The molecule has 2 rings (SSSR count). The van der Waals surface area contributed by atoms with Crippen LogP contribution in [0.1, 0.15) is 12.0 Å². The lowest BCUT2D eigenvalue weighted by Gasteiger charge is -2.09. The minimum absolute atomic E-state index is 0.0831. The summed E-state index contributed by atoms with van der Waals surface area (Å²) in [6, 6.07) is 6.30. The molecule has 2 amide bonds. The van der Waals surface area contributed by atoms with Crippen molar-refractivity contribution >= 4 is 11.8 Å². The van der Waals surface area contributed by atoms with Crippen molar-refractivity contribution in [1.82, 2.24) is 10.6 Å². The summed E-state index contributed by atoms with van der Waals surface area (Å²) in [5.41, 5.74) is 0.843. The number of nitrogens with one attached hydrogen (secondary N) is 2. The minimum atomic E-state index is -0.274. The van der Waals surface area contributed by atoms with Crippen molar-refractivity contribution in [2.24, 2.45) is 5.92 Å². The lowest BCUT2D eigenvalue weighted by atomic mass is 10.1. The van der Waals surface area contributed by atoms with Gasteiger partial charge in [0.25, 0.3) is 0 Å². The van der Waals surface area contributed by atoms with E-state index in [0.29, 0.717) is 19.5 Å². The van der Waals surface area contributed by atoms with Gasteiger partial charge in [-0.25, -0.2) is 4.39 Å². The molecule has 0 aromatic heterocycles. The second-order valence-electron chi connectivity index (χ2n) is 4.38. The number of carbonyl (C=O) groups is 2. The highest BCUT2D eigenvalue weighted by Gasteiger charge is 2.27. The van der Waals surface area contributed by atoms with E-state index in [-0.39, 0.29) is 30.0 Å². The molecule has 0 saturated carbocycles. The Morgan fingerprint density at radius 3 is 3.00 bits per heavy atom. The van der Waals surface area contributed by atoms with Crippen LogP contribution < -0.4 is 10.6 Å². The van der Waals surface area contributed by atoms with E-state index in [1.54, 1.807) is 6.07 Å². The molecule has 0 radical (unpaired) electrons. The first-order valence-corrected chi connectivity index (χ1v) is 5.94. The molecule has 1 saturated heterocycles. The lowest BCUT2D eigenvalue weighted by molar-refractivity contribution is -0.126. The zero-order valence-electron chi connectivity index (χ0n) is 9.91. The molecule has 0 aliphatic carbocycles. The van der Waals surface area contributed by atoms with Crippen LogP contribution in [0.4, 0.5) is 4.39 Å². The Bertz CT molecular complexity index is 462. The minimum Gasteiger partial charge on any atom is -0.355 e. The third-order valence-corrected chi connectivity index (χ3v) is 2.95. The van der Waals surface area contributed by atoms with Crippen molar-refractivity contribution < 1.29 is 14.0 Å². The number of benzene rings is 1. The Morgan fingerprint density at radius 2 is 2.33 bits per heavy atom. The van der Waals surface area contributed by atoms with Gasteiger partial charge < -0.3 is 10.6 Å². The summed E-state index contributed by atoms with van der Waals surface area (Å²) >= 11 is 0. The maximum atomic E-state index is 12.9. The van der Waals surface area contributed by atoms with E-state index in [2.05, 4.69) is 10.6 Å². The summed E-state index contributed by atoms with van der Waals surface area (Å²) in [4.78, 5) is 22.6. The van der Waals surface area contributed by atoms with Crippen LogP contribution in [-0.2, 0) is 16.0 Å². The van der Waals surface area contributed by atoms with Crippen molar-refractivity contribution in [3.05, 3.63) is 35.6 Å². The molecule has 1 fully saturated rings. The van der Waals surface area contributed by atoms with Gasteiger partial charge in [-0.2, -0.15) is 0 Å². The van der Waals surface area contributed by atoms with Crippen molar-refractivity contribution in [3.63, 3.8) is 0 Å². The number of rotatable bonds is 4. The molecular formula is C13H15FN2O2. The van der Waals surface area contributed by atoms with Crippen LogP contribution in [0.2, 0.25) is 0 Å². The van der Waals surface area contributed by atoms with Crippen LogP contribution in [0.3, 0.4) is 0 Å². The van der Waals surface area contributed by atoms with Gasteiger partial charge in [0.1, 0.15) is 5.82 Å². The number of hydrogen-bond acceptors (Lipinski definition) is 2. The standard InChI is InChI=1S/C13H15FN2O2/c14-11-3-1-2-9(6-11)4-5-15-13(18)10-7-12(17)16-8-10/h1-3,6,10H,4-5,7-8H2,(H,15,18)(H,16,17). The molecule has 1 aliphatic rings. The van der Waals surface area contributed by atoms with Gasteiger partial charge in [-0.15, -0.1) is 0 Å². The Morgan fingerprint density at radius 1 is 1.50 bits per heavy atom. The molecule has 4 nitrogen and oxygen atoms in total. The van der Waals surface area contributed by atoms with E-state index >= 15 is 0 Å². The lowest BCUT2D eigenvalue weighted by Crippen LogP contribution is -2.33. The predicted octanol–water partition coefficient (Wildman–Crippen LogP) is 0.620. The summed E-state index contributed by atoms with van der Waals surface area (Å²) in [5.74, 6) is -0.751. The molecule has 1 unspecified atom stereocenters. The number of carbonyl (C=O) groups excluding carboxylic acids is 2. The molecule has 18 heavy (non-hydrogen) atoms. The zero-order chi connectivity index (χ0) is 13.0. The van der Waals surface area contributed by atoms with E-state index in [4.69, 9.17) is 0 Å². The normalized spacial score (nSPS) is 18.5. The monoisotopic (exact) mass is 250 g/mol. The average molecular weight is 250 g/mol. The van der Waals surface area contributed by atoms with Crippen LogP contribution in [0.15, 0.2) is 24.3 Å². The molecule has 96 valence electrons. The molecule has 1 aromatic rings. The largest absolute Gasteiger partial charge is 0.355 e. The van der Waals surface area contributed by atoms with Gasteiger partial charge in [-0.1, -0.05) is 12.1 Å². The Labute approximate surface area is 105 Å². The summed E-state index contributed by atoms with van der Waals surface area (Å²) in [6.07, 6.45) is 0.837. The fourth-order valence-corrected chi connectivity index (χ4v) is 1.96. The molecule has 1 aliphatic heterocycles. The fourth-order valence-electron chi connectivity index (χ4n) is 1.96. The smallest absolute Gasteiger partial charge is 0.225 e. The Kier molecular flexibility index (Phi) is 3.92. The first-order chi connectivity index (χ1) is 8.65. The summed E-state index contributed by atoms with van der Waals surface area (Å²) in [7, 11) is 0. The molecule has 1 aromatic carbocycles. The van der Waals surface area contributed by atoms with E-state index < -0.39 is 0 Å². The van der Waals surface area contributed by atoms with Crippen LogP contribution in [0.5, 0.6) is 0 Å². The first-order valence-electron chi connectivity index (χ1n) is 5.94. The fraction of sp³-hybridized carbons (Fsp3) is 0.385. The molecular weight excluding hydrogens is 235 g/mol.